The number of halogens is 1. The standard InChI is InChI=1S/C9H11ClO/c10-7-8-11-9-5-3-1-2-4-6-9/h3,5,9H,4,6-8H2. The van der Waals surface area contributed by atoms with E-state index in [2.05, 4.69) is 11.8 Å². The molecule has 0 fully saturated rings. The molecule has 1 aliphatic carbocycles. The fourth-order valence-electron chi connectivity index (χ4n) is 0.932. The van der Waals surface area contributed by atoms with Crippen molar-refractivity contribution >= 4 is 11.6 Å². The summed E-state index contributed by atoms with van der Waals surface area (Å²) in [6, 6.07) is 0. The average molecular weight is 171 g/mol. The van der Waals surface area contributed by atoms with Crippen LogP contribution in [0.2, 0.25) is 0 Å². The molecule has 1 nitrogen and oxygen atoms in total. The molecule has 0 amide bonds. The molecule has 0 radical (unpaired) electrons. The largest absolute Gasteiger partial charge is 0.373 e. The molecule has 0 aliphatic heterocycles. The Morgan fingerprint density at radius 3 is 3.36 bits per heavy atom. The van der Waals surface area contributed by atoms with Gasteiger partial charge in [0.15, 0.2) is 0 Å². The first-order valence-corrected chi connectivity index (χ1v) is 4.29. The van der Waals surface area contributed by atoms with Gasteiger partial charge < -0.3 is 4.74 Å². The van der Waals surface area contributed by atoms with Crippen LogP contribution in [0.4, 0.5) is 0 Å². The number of hydrogen-bond acceptors (Lipinski definition) is 1. The molecule has 11 heavy (non-hydrogen) atoms. The molecule has 60 valence electrons. The van der Waals surface area contributed by atoms with E-state index in [9.17, 15) is 0 Å². The summed E-state index contributed by atoms with van der Waals surface area (Å²) < 4.78 is 5.41. The SMILES string of the molecule is ClCCOC1C=CC#CCC1. The summed E-state index contributed by atoms with van der Waals surface area (Å²) in [6.07, 6.45) is 5.95. The predicted octanol–water partition coefficient (Wildman–Crippen LogP) is 1.96. The molecule has 0 aromatic rings. The van der Waals surface area contributed by atoms with Crippen LogP contribution < -0.4 is 0 Å². The maximum atomic E-state index is 5.48. The molecule has 1 unspecified atom stereocenters. The summed E-state index contributed by atoms with van der Waals surface area (Å²) in [4.78, 5) is 0. The molecule has 0 aromatic carbocycles. The number of rotatable bonds is 3. The van der Waals surface area contributed by atoms with Gasteiger partial charge in [-0.05, 0) is 18.6 Å². The number of hydrogen-bond donors (Lipinski definition) is 0. The van der Waals surface area contributed by atoms with Gasteiger partial charge in [-0.3, -0.25) is 0 Å². The Morgan fingerprint density at radius 2 is 2.55 bits per heavy atom. The zero-order valence-corrected chi connectivity index (χ0v) is 7.10. The normalized spacial score (nSPS) is 22.1. The van der Waals surface area contributed by atoms with Gasteiger partial charge in [0, 0.05) is 12.3 Å². The van der Waals surface area contributed by atoms with Crippen LogP contribution in [-0.4, -0.2) is 18.6 Å². The van der Waals surface area contributed by atoms with Crippen LogP contribution >= 0.6 is 11.6 Å². The second-order valence-corrected chi connectivity index (χ2v) is 2.70. The Balaban J connectivity index is 2.26. The molecular weight excluding hydrogens is 160 g/mol. The minimum atomic E-state index is 0.205. The topological polar surface area (TPSA) is 9.23 Å². The lowest BCUT2D eigenvalue weighted by Crippen LogP contribution is -2.10. The third-order valence-electron chi connectivity index (χ3n) is 1.46. The van der Waals surface area contributed by atoms with Crippen LogP contribution in [-0.2, 0) is 4.74 Å². The molecule has 0 spiro atoms. The second kappa shape index (κ2) is 5.23. The van der Waals surface area contributed by atoms with Crippen LogP contribution in [0.5, 0.6) is 0 Å². The molecule has 1 atom stereocenters. The summed E-state index contributed by atoms with van der Waals surface area (Å²) in [5.41, 5.74) is 0. The van der Waals surface area contributed by atoms with Gasteiger partial charge in [-0.1, -0.05) is 11.8 Å². The van der Waals surface area contributed by atoms with E-state index in [1.807, 2.05) is 12.2 Å². The molecule has 0 bridgehead atoms. The van der Waals surface area contributed by atoms with Crippen molar-refractivity contribution in [2.75, 3.05) is 12.5 Å². The molecule has 0 saturated carbocycles. The third kappa shape index (κ3) is 3.46. The van der Waals surface area contributed by atoms with E-state index >= 15 is 0 Å². The summed E-state index contributed by atoms with van der Waals surface area (Å²) in [7, 11) is 0. The summed E-state index contributed by atoms with van der Waals surface area (Å²) in [5.74, 6) is 6.47. The first kappa shape index (κ1) is 8.64. The Bertz CT molecular complexity index is 187. The van der Waals surface area contributed by atoms with Gasteiger partial charge in [-0.15, -0.1) is 11.6 Å². The van der Waals surface area contributed by atoms with Crippen molar-refractivity contribution in [3.63, 3.8) is 0 Å². The third-order valence-corrected chi connectivity index (χ3v) is 1.61. The van der Waals surface area contributed by atoms with Gasteiger partial charge in [0.2, 0.25) is 0 Å². The molecule has 2 heteroatoms. The maximum absolute atomic E-state index is 5.48. The van der Waals surface area contributed by atoms with E-state index in [0.29, 0.717) is 12.5 Å². The lowest BCUT2D eigenvalue weighted by Gasteiger charge is -2.09. The zero-order valence-electron chi connectivity index (χ0n) is 6.35. The van der Waals surface area contributed by atoms with E-state index < -0.39 is 0 Å². The van der Waals surface area contributed by atoms with Gasteiger partial charge in [-0.25, -0.2) is 0 Å². The quantitative estimate of drug-likeness (QED) is 0.465. The predicted molar refractivity (Wildman–Crippen MR) is 46.6 cm³/mol. The van der Waals surface area contributed by atoms with Gasteiger partial charge in [0.25, 0.3) is 0 Å². The Labute approximate surface area is 72.4 Å². The van der Waals surface area contributed by atoms with Crippen LogP contribution in [0, 0.1) is 11.8 Å². The number of allylic oxidation sites excluding steroid dienone is 1. The fraction of sp³-hybridized carbons (Fsp3) is 0.556. The van der Waals surface area contributed by atoms with Crippen molar-refractivity contribution in [2.24, 2.45) is 0 Å². The van der Waals surface area contributed by atoms with Crippen molar-refractivity contribution in [3.05, 3.63) is 12.2 Å². The fourth-order valence-corrected chi connectivity index (χ4v) is 1.02. The summed E-state index contributed by atoms with van der Waals surface area (Å²) in [5, 5.41) is 0. The van der Waals surface area contributed by atoms with Crippen LogP contribution in [0.3, 0.4) is 0 Å². The average Bonchev–Trinajstić information content (AvgIpc) is 2.28. The smallest absolute Gasteiger partial charge is 0.0774 e. The first-order chi connectivity index (χ1) is 5.43. The second-order valence-electron chi connectivity index (χ2n) is 2.32. The van der Waals surface area contributed by atoms with Gasteiger partial charge in [0.1, 0.15) is 0 Å². The number of alkyl halides is 1. The van der Waals surface area contributed by atoms with Crippen LogP contribution in [0.25, 0.3) is 0 Å². The Kier molecular flexibility index (Phi) is 4.11. The van der Waals surface area contributed by atoms with Gasteiger partial charge >= 0.3 is 0 Å². The van der Waals surface area contributed by atoms with Crippen molar-refractivity contribution in [3.8, 4) is 11.8 Å². The zero-order chi connectivity index (χ0) is 7.94. The highest BCUT2D eigenvalue weighted by Crippen LogP contribution is 2.05. The van der Waals surface area contributed by atoms with E-state index in [1.54, 1.807) is 0 Å². The van der Waals surface area contributed by atoms with E-state index in [4.69, 9.17) is 16.3 Å². The molecule has 1 aliphatic rings. The molecule has 0 heterocycles. The molecule has 0 aromatic heterocycles. The highest BCUT2D eigenvalue weighted by Gasteiger charge is 2.03. The molecule has 1 rings (SSSR count). The molecule has 0 N–H and O–H groups in total. The van der Waals surface area contributed by atoms with Crippen LogP contribution in [0.15, 0.2) is 12.2 Å². The van der Waals surface area contributed by atoms with Crippen molar-refractivity contribution in [1.29, 1.82) is 0 Å². The van der Waals surface area contributed by atoms with E-state index in [-0.39, 0.29) is 6.10 Å². The molecule has 0 saturated heterocycles. The monoisotopic (exact) mass is 170 g/mol. The highest BCUT2D eigenvalue weighted by atomic mass is 35.5. The lowest BCUT2D eigenvalue weighted by atomic mass is 10.2. The highest BCUT2D eigenvalue weighted by molar-refractivity contribution is 6.17. The number of ether oxygens (including phenoxy) is 1. The van der Waals surface area contributed by atoms with Crippen molar-refractivity contribution < 1.29 is 4.74 Å². The van der Waals surface area contributed by atoms with E-state index in [0.717, 1.165) is 12.8 Å². The van der Waals surface area contributed by atoms with Gasteiger partial charge in [-0.2, -0.15) is 0 Å². The van der Waals surface area contributed by atoms with E-state index in [1.165, 1.54) is 0 Å². The Hall–Kier alpha value is -0.450. The minimum absolute atomic E-state index is 0.205. The lowest BCUT2D eigenvalue weighted by molar-refractivity contribution is 0.0932. The van der Waals surface area contributed by atoms with Gasteiger partial charge in [0.05, 0.1) is 12.7 Å². The van der Waals surface area contributed by atoms with Crippen molar-refractivity contribution in [1.82, 2.24) is 0 Å². The Morgan fingerprint density at radius 1 is 1.64 bits per heavy atom. The first-order valence-electron chi connectivity index (χ1n) is 3.76. The van der Waals surface area contributed by atoms with Crippen LogP contribution in [0.1, 0.15) is 12.8 Å². The maximum Gasteiger partial charge on any atom is 0.0774 e. The van der Waals surface area contributed by atoms with Crippen molar-refractivity contribution in [2.45, 2.75) is 18.9 Å². The molecular formula is C9H11ClO. The summed E-state index contributed by atoms with van der Waals surface area (Å²) in [6.45, 7) is 0.622. The minimum Gasteiger partial charge on any atom is -0.373 e. The summed E-state index contributed by atoms with van der Waals surface area (Å²) >= 11 is 5.48.